The van der Waals surface area contributed by atoms with Gasteiger partial charge in [-0.05, 0) is 24.6 Å². The number of nitrogens with one attached hydrogen (secondary N) is 1. The standard InChI is InChI=1S/C17H24N2O2/c1-2-3-4-5-6-7-11-21-14-17(20)19-16-10-8-9-15(12-16)13-18/h8-10,12H,2-7,11,14H2,1H3,(H,19,20). The topological polar surface area (TPSA) is 62.1 Å². The second kappa shape index (κ2) is 10.9. The summed E-state index contributed by atoms with van der Waals surface area (Å²) in [6, 6.07) is 8.88. The van der Waals surface area contributed by atoms with E-state index in [9.17, 15) is 4.79 Å². The number of ether oxygens (including phenoxy) is 1. The van der Waals surface area contributed by atoms with E-state index in [4.69, 9.17) is 10.00 Å². The first-order valence-corrected chi connectivity index (χ1v) is 7.64. The average Bonchev–Trinajstić information content (AvgIpc) is 2.50. The van der Waals surface area contributed by atoms with Crippen LogP contribution in [0.2, 0.25) is 0 Å². The van der Waals surface area contributed by atoms with Crippen LogP contribution in [-0.4, -0.2) is 19.1 Å². The van der Waals surface area contributed by atoms with Crippen molar-refractivity contribution in [3.05, 3.63) is 29.8 Å². The number of carbonyl (C=O) groups is 1. The van der Waals surface area contributed by atoms with Gasteiger partial charge in [0.2, 0.25) is 5.91 Å². The number of carbonyl (C=O) groups excluding carboxylic acids is 1. The largest absolute Gasteiger partial charge is 0.372 e. The molecule has 0 aliphatic carbocycles. The summed E-state index contributed by atoms with van der Waals surface area (Å²) in [6.07, 6.45) is 7.23. The molecule has 0 heterocycles. The molecule has 1 aromatic rings. The van der Waals surface area contributed by atoms with Gasteiger partial charge in [-0.3, -0.25) is 4.79 Å². The number of nitriles is 1. The van der Waals surface area contributed by atoms with E-state index >= 15 is 0 Å². The molecule has 1 aromatic carbocycles. The molecule has 1 rings (SSSR count). The van der Waals surface area contributed by atoms with Crippen molar-refractivity contribution < 1.29 is 9.53 Å². The molecule has 0 spiro atoms. The lowest BCUT2D eigenvalue weighted by atomic mass is 10.1. The molecule has 0 aromatic heterocycles. The molecular weight excluding hydrogens is 264 g/mol. The van der Waals surface area contributed by atoms with Gasteiger partial charge in [0.1, 0.15) is 6.61 Å². The van der Waals surface area contributed by atoms with E-state index in [2.05, 4.69) is 12.2 Å². The van der Waals surface area contributed by atoms with E-state index in [0.717, 1.165) is 12.8 Å². The lowest BCUT2D eigenvalue weighted by Crippen LogP contribution is -2.18. The first-order valence-electron chi connectivity index (χ1n) is 7.64. The summed E-state index contributed by atoms with van der Waals surface area (Å²) >= 11 is 0. The molecule has 0 unspecified atom stereocenters. The van der Waals surface area contributed by atoms with Crippen LogP contribution in [0, 0.1) is 11.3 Å². The van der Waals surface area contributed by atoms with Gasteiger partial charge in [-0.15, -0.1) is 0 Å². The van der Waals surface area contributed by atoms with Crippen molar-refractivity contribution in [3.63, 3.8) is 0 Å². The van der Waals surface area contributed by atoms with Crippen molar-refractivity contribution in [2.24, 2.45) is 0 Å². The number of amides is 1. The lowest BCUT2D eigenvalue weighted by molar-refractivity contribution is -0.120. The van der Waals surface area contributed by atoms with Gasteiger partial charge in [-0.25, -0.2) is 0 Å². The van der Waals surface area contributed by atoms with Crippen molar-refractivity contribution in [3.8, 4) is 6.07 Å². The zero-order valence-corrected chi connectivity index (χ0v) is 12.7. The van der Waals surface area contributed by atoms with Crippen molar-refractivity contribution in [2.45, 2.75) is 45.4 Å². The van der Waals surface area contributed by atoms with Gasteiger partial charge in [0.05, 0.1) is 11.6 Å². The van der Waals surface area contributed by atoms with Crippen LogP contribution < -0.4 is 5.32 Å². The quantitative estimate of drug-likeness (QED) is 0.665. The van der Waals surface area contributed by atoms with Gasteiger partial charge in [0.25, 0.3) is 0 Å². The predicted molar refractivity (Wildman–Crippen MR) is 84.0 cm³/mol. The molecule has 1 N–H and O–H groups in total. The maximum atomic E-state index is 11.7. The number of hydrogen-bond acceptors (Lipinski definition) is 3. The molecular formula is C17H24N2O2. The Balaban J connectivity index is 2.10. The summed E-state index contributed by atoms with van der Waals surface area (Å²) in [5.74, 6) is -0.184. The Morgan fingerprint density at radius 1 is 1.24 bits per heavy atom. The molecule has 0 radical (unpaired) electrons. The van der Waals surface area contributed by atoms with Gasteiger partial charge in [0.15, 0.2) is 0 Å². The number of rotatable bonds is 10. The minimum Gasteiger partial charge on any atom is -0.372 e. The van der Waals surface area contributed by atoms with E-state index in [0.29, 0.717) is 17.9 Å². The fourth-order valence-electron chi connectivity index (χ4n) is 2.01. The Bertz CT molecular complexity index is 466. The van der Waals surface area contributed by atoms with Gasteiger partial charge in [-0.2, -0.15) is 5.26 Å². The molecule has 1 amide bonds. The molecule has 0 aliphatic heterocycles. The molecule has 0 fully saturated rings. The zero-order chi connectivity index (χ0) is 15.3. The predicted octanol–water partition coefficient (Wildman–Crippen LogP) is 3.87. The Hall–Kier alpha value is -1.86. The number of anilines is 1. The Morgan fingerprint density at radius 2 is 2.00 bits per heavy atom. The Kier molecular flexibility index (Phi) is 8.90. The second-order valence-corrected chi connectivity index (χ2v) is 5.06. The van der Waals surface area contributed by atoms with Crippen molar-refractivity contribution in [1.82, 2.24) is 0 Å². The second-order valence-electron chi connectivity index (χ2n) is 5.06. The minimum atomic E-state index is -0.184. The number of unbranched alkanes of at least 4 members (excludes halogenated alkanes) is 5. The van der Waals surface area contributed by atoms with Crippen LogP contribution in [0.1, 0.15) is 51.0 Å². The third kappa shape index (κ3) is 8.11. The van der Waals surface area contributed by atoms with Gasteiger partial charge in [-0.1, -0.05) is 45.1 Å². The number of nitrogens with zero attached hydrogens (tertiary/aromatic N) is 1. The fraction of sp³-hybridized carbons (Fsp3) is 0.529. The van der Waals surface area contributed by atoms with E-state index in [1.54, 1.807) is 24.3 Å². The van der Waals surface area contributed by atoms with Crippen LogP contribution in [0.3, 0.4) is 0 Å². The summed E-state index contributed by atoms with van der Waals surface area (Å²) < 4.78 is 5.35. The van der Waals surface area contributed by atoms with Crippen molar-refractivity contribution in [2.75, 3.05) is 18.5 Å². The molecule has 0 atom stereocenters. The van der Waals surface area contributed by atoms with Crippen LogP contribution in [0.15, 0.2) is 24.3 Å². The van der Waals surface area contributed by atoms with Crippen LogP contribution in [0.5, 0.6) is 0 Å². The molecule has 0 saturated carbocycles. The van der Waals surface area contributed by atoms with Crippen LogP contribution in [0.25, 0.3) is 0 Å². The molecule has 0 aliphatic rings. The molecule has 21 heavy (non-hydrogen) atoms. The first kappa shape index (κ1) is 17.2. The van der Waals surface area contributed by atoms with Crippen molar-refractivity contribution >= 4 is 11.6 Å². The molecule has 0 bridgehead atoms. The molecule has 4 nitrogen and oxygen atoms in total. The van der Waals surface area contributed by atoms with Crippen LogP contribution >= 0.6 is 0 Å². The normalized spacial score (nSPS) is 10.1. The van der Waals surface area contributed by atoms with E-state index in [1.165, 1.54) is 25.7 Å². The van der Waals surface area contributed by atoms with Crippen LogP contribution in [0.4, 0.5) is 5.69 Å². The van der Waals surface area contributed by atoms with E-state index in [1.807, 2.05) is 6.07 Å². The highest BCUT2D eigenvalue weighted by Gasteiger charge is 2.03. The van der Waals surface area contributed by atoms with Gasteiger partial charge >= 0.3 is 0 Å². The summed E-state index contributed by atoms with van der Waals surface area (Å²) in [5, 5.41) is 11.5. The van der Waals surface area contributed by atoms with Crippen molar-refractivity contribution in [1.29, 1.82) is 5.26 Å². The third-order valence-corrected chi connectivity index (χ3v) is 3.15. The third-order valence-electron chi connectivity index (χ3n) is 3.15. The van der Waals surface area contributed by atoms with Gasteiger partial charge < -0.3 is 10.1 Å². The lowest BCUT2D eigenvalue weighted by Gasteiger charge is -2.06. The fourth-order valence-corrected chi connectivity index (χ4v) is 2.01. The monoisotopic (exact) mass is 288 g/mol. The Labute approximate surface area is 127 Å². The SMILES string of the molecule is CCCCCCCCOCC(=O)Nc1cccc(C#N)c1. The van der Waals surface area contributed by atoms with E-state index < -0.39 is 0 Å². The molecule has 114 valence electrons. The van der Waals surface area contributed by atoms with Crippen LogP contribution in [-0.2, 0) is 9.53 Å². The Morgan fingerprint density at radius 3 is 2.76 bits per heavy atom. The van der Waals surface area contributed by atoms with E-state index in [-0.39, 0.29) is 12.5 Å². The summed E-state index contributed by atoms with van der Waals surface area (Å²) in [5.41, 5.74) is 1.16. The smallest absolute Gasteiger partial charge is 0.250 e. The maximum absolute atomic E-state index is 11.7. The summed E-state index contributed by atoms with van der Waals surface area (Å²) in [6.45, 7) is 2.89. The average molecular weight is 288 g/mol. The highest BCUT2D eigenvalue weighted by Crippen LogP contribution is 2.09. The zero-order valence-electron chi connectivity index (χ0n) is 12.7. The summed E-state index contributed by atoms with van der Waals surface area (Å²) in [4.78, 5) is 11.7. The highest BCUT2D eigenvalue weighted by atomic mass is 16.5. The highest BCUT2D eigenvalue weighted by molar-refractivity contribution is 5.91. The number of benzene rings is 1. The van der Waals surface area contributed by atoms with Gasteiger partial charge in [0, 0.05) is 12.3 Å². The molecule has 4 heteroatoms. The minimum absolute atomic E-state index is 0.0613. The first-order chi connectivity index (χ1) is 10.3. The number of hydrogen-bond donors (Lipinski definition) is 1. The molecule has 0 saturated heterocycles. The summed E-state index contributed by atoms with van der Waals surface area (Å²) in [7, 11) is 0. The maximum Gasteiger partial charge on any atom is 0.250 e.